The molecular formula is C28H42O4. The molecular weight excluding hydrogens is 400 g/mol. The highest BCUT2D eigenvalue weighted by atomic mass is 16.5. The standard InChI is InChI=1S/C28H42O4/c1-6-7-8-9-17(2)20-16-24(31)28(5)14-12-21-19(25(20)28)10-11-22-26(32-18(3)29)23(30)13-15-27(21,22)4/h17,19-21,25H,6-16H2,1-5H3/t17?,19-,20-,21+,25-,27-,28-/m1/s1. The second-order valence-electron chi connectivity index (χ2n) is 11.8. The number of ketones is 2. The lowest BCUT2D eigenvalue weighted by Crippen LogP contribution is -2.52. The largest absolute Gasteiger partial charge is 0.423 e. The van der Waals surface area contributed by atoms with Crippen LogP contribution in [0.25, 0.3) is 0 Å². The first-order chi connectivity index (χ1) is 15.1. The summed E-state index contributed by atoms with van der Waals surface area (Å²) in [6.07, 6.45) is 10.9. The first kappa shape index (κ1) is 23.7. The minimum atomic E-state index is -0.397. The number of carbonyl (C=O) groups is 3. The van der Waals surface area contributed by atoms with E-state index < -0.39 is 5.97 Å². The molecule has 32 heavy (non-hydrogen) atoms. The zero-order valence-corrected chi connectivity index (χ0v) is 20.8. The maximum atomic E-state index is 13.3. The van der Waals surface area contributed by atoms with Gasteiger partial charge >= 0.3 is 5.97 Å². The molecule has 0 amide bonds. The number of unbranched alkanes of at least 4 members (excludes halogenated alkanes) is 2. The smallest absolute Gasteiger partial charge is 0.308 e. The predicted molar refractivity (Wildman–Crippen MR) is 125 cm³/mol. The highest BCUT2D eigenvalue weighted by Gasteiger charge is 2.63. The normalized spacial score (nSPS) is 39.9. The number of carbonyl (C=O) groups excluding carboxylic acids is 3. The van der Waals surface area contributed by atoms with Gasteiger partial charge in [0.05, 0.1) is 0 Å². The Morgan fingerprint density at radius 1 is 1.09 bits per heavy atom. The van der Waals surface area contributed by atoms with Crippen molar-refractivity contribution in [3.8, 4) is 0 Å². The molecule has 3 fully saturated rings. The molecule has 0 N–H and O–H groups in total. The number of rotatable bonds is 6. The number of fused-ring (bicyclic) bond motifs is 5. The Morgan fingerprint density at radius 2 is 1.84 bits per heavy atom. The molecule has 0 aromatic heterocycles. The number of ether oxygens (including phenoxy) is 1. The third-order valence-electron chi connectivity index (χ3n) is 10.1. The van der Waals surface area contributed by atoms with Crippen LogP contribution in [-0.4, -0.2) is 17.5 Å². The summed E-state index contributed by atoms with van der Waals surface area (Å²) >= 11 is 0. The van der Waals surface area contributed by atoms with Crippen LogP contribution < -0.4 is 0 Å². The Labute approximate surface area is 193 Å². The number of esters is 1. The summed E-state index contributed by atoms with van der Waals surface area (Å²) < 4.78 is 5.49. The van der Waals surface area contributed by atoms with Gasteiger partial charge in [-0.3, -0.25) is 14.4 Å². The van der Waals surface area contributed by atoms with Crippen molar-refractivity contribution < 1.29 is 19.1 Å². The van der Waals surface area contributed by atoms with E-state index in [-0.39, 0.29) is 16.6 Å². The van der Waals surface area contributed by atoms with Gasteiger partial charge in [-0.1, -0.05) is 53.4 Å². The quantitative estimate of drug-likeness (QED) is 0.352. The summed E-state index contributed by atoms with van der Waals surface area (Å²) in [6.45, 7) is 10.6. The van der Waals surface area contributed by atoms with E-state index >= 15 is 0 Å². The van der Waals surface area contributed by atoms with E-state index in [1.54, 1.807) is 0 Å². The molecule has 0 aromatic rings. The van der Waals surface area contributed by atoms with Gasteiger partial charge < -0.3 is 4.74 Å². The summed E-state index contributed by atoms with van der Waals surface area (Å²) in [5.74, 6) is 2.98. The number of allylic oxidation sites excluding steroid dienone is 1. The molecule has 0 spiro atoms. The Kier molecular flexibility index (Phi) is 6.46. The van der Waals surface area contributed by atoms with Gasteiger partial charge in [0.2, 0.25) is 0 Å². The Balaban J connectivity index is 1.66. The minimum absolute atomic E-state index is 0.00904. The van der Waals surface area contributed by atoms with Crippen LogP contribution in [0, 0.1) is 40.4 Å². The van der Waals surface area contributed by atoms with E-state index in [4.69, 9.17) is 4.74 Å². The van der Waals surface area contributed by atoms with Crippen LogP contribution in [0.3, 0.4) is 0 Å². The van der Waals surface area contributed by atoms with E-state index in [0.717, 1.165) is 44.1 Å². The van der Waals surface area contributed by atoms with Gasteiger partial charge in [0, 0.05) is 25.2 Å². The van der Waals surface area contributed by atoms with Crippen LogP contribution >= 0.6 is 0 Å². The second kappa shape index (κ2) is 8.72. The summed E-state index contributed by atoms with van der Waals surface area (Å²) in [4.78, 5) is 37.7. The summed E-state index contributed by atoms with van der Waals surface area (Å²) in [6, 6.07) is 0. The molecule has 0 aromatic carbocycles. The average molecular weight is 443 g/mol. The van der Waals surface area contributed by atoms with Crippen LogP contribution in [0.5, 0.6) is 0 Å². The van der Waals surface area contributed by atoms with E-state index in [0.29, 0.717) is 47.6 Å². The topological polar surface area (TPSA) is 60.4 Å². The van der Waals surface area contributed by atoms with Gasteiger partial charge in [0.25, 0.3) is 0 Å². The molecule has 4 nitrogen and oxygen atoms in total. The van der Waals surface area contributed by atoms with Gasteiger partial charge in [-0.05, 0) is 72.7 Å². The third kappa shape index (κ3) is 3.70. The van der Waals surface area contributed by atoms with Crippen molar-refractivity contribution in [2.45, 2.75) is 105 Å². The molecule has 0 aliphatic heterocycles. The van der Waals surface area contributed by atoms with Gasteiger partial charge in [-0.25, -0.2) is 0 Å². The maximum absolute atomic E-state index is 13.3. The lowest BCUT2D eigenvalue weighted by Gasteiger charge is -2.58. The minimum Gasteiger partial charge on any atom is -0.423 e. The molecule has 4 heteroatoms. The molecule has 0 heterocycles. The molecule has 178 valence electrons. The van der Waals surface area contributed by atoms with Gasteiger partial charge in [-0.2, -0.15) is 0 Å². The Bertz CT molecular complexity index is 825. The van der Waals surface area contributed by atoms with E-state index in [1.807, 2.05) is 0 Å². The molecule has 3 saturated carbocycles. The fourth-order valence-corrected chi connectivity index (χ4v) is 8.35. The number of hydrogen-bond acceptors (Lipinski definition) is 4. The predicted octanol–water partition coefficient (Wildman–Crippen LogP) is 6.42. The van der Waals surface area contributed by atoms with Crippen molar-refractivity contribution in [2.75, 3.05) is 0 Å². The van der Waals surface area contributed by atoms with Crippen molar-refractivity contribution >= 4 is 17.5 Å². The van der Waals surface area contributed by atoms with Crippen LogP contribution in [0.2, 0.25) is 0 Å². The monoisotopic (exact) mass is 442 g/mol. The van der Waals surface area contributed by atoms with Gasteiger partial charge in [0.15, 0.2) is 11.5 Å². The van der Waals surface area contributed by atoms with Crippen molar-refractivity contribution in [1.82, 2.24) is 0 Å². The Morgan fingerprint density at radius 3 is 2.53 bits per heavy atom. The van der Waals surface area contributed by atoms with Gasteiger partial charge in [-0.15, -0.1) is 0 Å². The first-order valence-electron chi connectivity index (χ1n) is 13.1. The molecule has 0 radical (unpaired) electrons. The van der Waals surface area contributed by atoms with Crippen molar-refractivity contribution in [2.24, 2.45) is 40.4 Å². The maximum Gasteiger partial charge on any atom is 0.308 e. The fourth-order valence-electron chi connectivity index (χ4n) is 8.35. The number of hydrogen-bond donors (Lipinski definition) is 0. The Hall–Kier alpha value is -1.45. The first-order valence-corrected chi connectivity index (χ1v) is 13.1. The van der Waals surface area contributed by atoms with Crippen molar-refractivity contribution in [1.29, 1.82) is 0 Å². The van der Waals surface area contributed by atoms with E-state index in [9.17, 15) is 14.4 Å². The average Bonchev–Trinajstić information content (AvgIpc) is 3.01. The SMILES string of the molecule is CCCCCC(C)[C@H]1CC(=O)[C@@]2(C)CC[C@H]3[C@@H](CCC4=C(OC(C)=O)C(=O)CC[C@@]43C)[C@H]12. The molecule has 7 atom stereocenters. The number of Topliss-reactive ketones (excluding diaryl/α,β-unsaturated/α-hetero) is 2. The molecule has 4 aliphatic rings. The van der Waals surface area contributed by atoms with E-state index in [1.165, 1.54) is 32.6 Å². The summed E-state index contributed by atoms with van der Waals surface area (Å²) in [7, 11) is 0. The molecule has 4 rings (SSSR count). The molecule has 4 aliphatic carbocycles. The third-order valence-corrected chi connectivity index (χ3v) is 10.1. The summed E-state index contributed by atoms with van der Waals surface area (Å²) in [5.41, 5.74) is 0.821. The molecule has 0 bridgehead atoms. The lowest BCUT2D eigenvalue weighted by atomic mass is 9.46. The van der Waals surface area contributed by atoms with E-state index in [2.05, 4.69) is 27.7 Å². The highest BCUT2D eigenvalue weighted by Crippen LogP contribution is 2.67. The van der Waals surface area contributed by atoms with Crippen molar-refractivity contribution in [3.05, 3.63) is 11.3 Å². The molecule has 0 saturated heterocycles. The zero-order chi connectivity index (χ0) is 23.3. The van der Waals surface area contributed by atoms with Crippen LogP contribution in [-0.2, 0) is 19.1 Å². The lowest BCUT2D eigenvalue weighted by molar-refractivity contribution is -0.143. The molecule has 1 unspecified atom stereocenters. The van der Waals surface area contributed by atoms with Crippen molar-refractivity contribution in [3.63, 3.8) is 0 Å². The van der Waals surface area contributed by atoms with Gasteiger partial charge in [0.1, 0.15) is 5.78 Å². The van der Waals surface area contributed by atoms with Crippen LogP contribution in [0.15, 0.2) is 11.3 Å². The van der Waals surface area contributed by atoms with Crippen LogP contribution in [0.4, 0.5) is 0 Å². The zero-order valence-electron chi connectivity index (χ0n) is 20.8. The summed E-state index contributed by atoms with van der Waals surface area (Å²) in [5, 5.41) is 0. The highest BCUT2D eigenvalue weighted by molar-refractivity contribution is 5.97. The fraction of sp³-hybridized carbons (Fsp3) is 0.821. The second-order valence-corrected chi connectivity index (χ2v) is 11.8. The van der Waals surface area contributed by atoms with Crippen LogP contribution in [0.1, 0.15) is 105 Å².